The van der Waals surface area contributed by atoms with E-state index in [-0.39, 0.29) is 24.1 Å². The van der Waals surface area contributed by atoms with Crippen LogP contribution in [0.2, 0.25) is 0 Å². The van der Waals surface area contributed by atoms with E-state index in [0.29, 0.717) is 25.3 Å². The largest absolute Gasteiger partial charge is 0.466 e. The molecule has 0 aliphatic carbocycles. The van der Waals surface area contributed by atoms with Gasteiger partial charge in [0.15, 0.2) is 4.34 Å². The minimum absolute atomic E-state index is 0.106. The molecule has 0 bridgehead atoms. The van der Waals surface area contributed by atoms with Crippen molar-refractivity contribution in [3.63, 3.8) is 0 Å². The Morgan fingerprint density at radius 3 is 2.96 bits per heavy atom. The number of esters is 1. The number of primary amides is 1. The minimum Gasteiger partial charge on any atom is -0.466 e. The Morgan fingerprint density at radius 1 is 1.46 bits per heavy atom. The second-order valence-electron chi connectivity index (χ2n) is 5.38. The number of nitrogens with zero attached hydrogens (tertiary/aromatic N) is 2. The van der Waals surface area contributed by atoms with E-state index in [1.165, 1.54) is 23.1 Å². The summed E-state index contributed by atoms with van der Waals surface area (Å²) < 4.78 is 5.60. The predicted octanol–water partition coefficient (Wildman–Crippen LogP) is 1.21. The van der Waals surface area contributed by atoms with Crippen LogP contribution in [0.25, 0.3) is 0 Å². The monoisotopic (exact) mass is 371 g/mol. The van der Waals surface area contributed by atoms with Crippen LogP contribution in [0.1, 0.15) is 31.9 Å². The second-order valence-corrected chi connectivity index (χ2v) is 7.46. The van der Waals surface area contributed by atoms with Crippen molar-refractivity contribution in [2.45, 2.75) is 43.0 Å². The zero-order chi connectivity index (χ0) is 17.5. The fourth-order valence-electron chi connectivity index (χ4n) is 2.53. The number of carbonyl (C=O) groups excluding carboxylic acids is 3. The molecule has 1 saturated heterocycles. The zero-order valence-electron chi connectivity index (χ0n) is 13.5. The molecule has 9 heteroatoms. The molecule has 1 aliphatic rings. The van der Waals surface area contributed by atoms with Gasteiger partial charge in [-0.1, -0.05) is 11.8 Å². The summed E-state index contributed by atoms with van der Waals surface area (Å²) in [6.07, 6.45) is 2.57. The molecular weight excluding hydrogens is 350 g/mol. The maximum absolute atomic E-state index is 12.4. The number of nitrogens with two attached hydrogens (primary N) is 1. The van der Waals surface area contributed by atoms with Crippen molar-refractivity contribution in [1.29, 1.82) is 0 Å². The van der Waals surface area contributed by atoms with Gasteiger partial charge in [-0.15, -0.1) is 11.3 Å². The maximum atomic E-state index is 12.4. The third-order valence-electron chi connectivity index (χ3n) is 3.63. The summed E-state index contributed by atoms with van der Waals surface area (Å²) >= 11 is 2.70. The number of thiazole rings is 1. The van der Waals surface area contributed by atoms with Gasteiger partial charge in [-0.2, -0.15) is 0 Å². The standard InChI is InChI=1S/C15H21N3O4S2/c1-2-22-13(20)7-10-8-23-15(17-10)24-9-12(19)18-6-4-3-5-11(18)14(16)21/h8,11H,2-7,9H2,1H3,(H2,16,21)/t11-/m0/s1. The molecular formula is C15H21N3O4S2. The number of rotatable bonds is 7. The van der Waals surface area contributed by atoms with Gasteiger partial charge in [0.1, 0.15) is 6.04 Å². The van der Waals surface area contributed by atoms with Crippen LogP contribution in [-0.4, -0.2) is 52.6 Å². The average Bonchev–Trinajstić information content (AvgIpc) is 3.00. The lowest BCUT2D eigenvalue weighted by Gasteiger charge is -2.33. The Morgan fingerprint density at radius 2 is 2.25 bits per heavy atom. The van der Waals surface area contributed by atoms with Crippen LogP contribution >= 0.6 is 23.1 Å². The van der Waals surface area contributed by atoms with E-state index in [2.05, 4.69) is 4.98 Å². The summed E-state index contributed by atoms with van der Waals surface area (Å²) in [6, 6.07) is -0.498. The number of likely N-dealkylation sites (tertiary alicyclic amines) is 1. The summed E-state index contributed by atoms with van der Waals surface area (Å²) in [5, 5.41) is 1.79. The molecule has 2 N–H and O–H groups in total. The van der Waals surface area contributed by atoms with Crippen LogP contribution in [0.3, 0.4) is 0 Å². The lowest BCUT2D eigenvalue weighted by Crippen LogP contribution is -2.51. The Balaban J connectivity index is 1.86. The van der Waals surface area contributed by atoms with Gasteiger partial charge in [-0.25, -0.2) is 4.98 Å². The highest BCUT2D eigenvalue weighted by Gasteiger charge is 2.30. The van der Waals surface area contributed by atoms with E-state index in [1.54, 1.807) is 17.2 Å². The van der Waals surface area contributed by atoms with Crippen LogP contribution < -0.4 is 5.73 Å². The van der Waals surface area contributed by atoms with Crippen molar-refractivity contribution in [1.82, 2.24) is 9.88 Å². The summed E-state index contributed by atoms with van der Waals surface area (Å²) in [5.74, 6) is -0.659. The normalized spacial score (nSPS) is 17.5. The maximum Gasteiger partial charge on any atom is 0.311 e. The van der Waals surface area contributed by atoms with Crippen LogP contribution in [-0.2, 0) is 25.5 Å². The number of hydrogen-bond donors (Lipinski definition) is 1. The highest BCUT2D eigenvalue weighted by molar-refractivity contribution is 8.01. The Kier molecular flexibility index (Phi) is 7.04. The van der Waals surface area contributed by atoms with Gasteiger partial charge in [-0.3, -0.25) is 14.4 Å². The molecule has 0 aromatic carbocycles. The second kappa shape index (κ2) is 9.03. The van der Waals surface area contributed by atoms with Gasteiger partial charge in [0.05, 0.1) is 24.5 Å². The molecule has 2 amide bonds. The van der Waals surface area contributed by atoms with E-state index in [9.17, 15) is 14.4 Å². The van der Waals surface area contributed by atoms with E-state index < -0.39 is 11.9 Å². The first kappa shape index (κ1) is 18.7. The van der Waals surface area contributed by atoms with E-state index in [1.807, 2.05) is 0 Å². The molecule has 0 spiro atoms. The zero-order valence-corrected chi connectivity index (χ0v) is 15.2. The molecule has 1 aromatic rings. The van der Waals surface area contributed by atoms with Crippen LogP contribution in [0.5, 0.6) is 0 Å². The summed E-state index contributed by atoms with van der Waals surface area (Å²) in [6.45, 7) is 2.67. The predicted molar refractivity (Wildman–Crippen MR) is 91.7 cm³/mol. The van der Waals surface area contributed by atoms with Crippen molar-refractivity contribution in [3.05, 3.63) is 11.1 Å². The third-order valence-corrected chi connectivity index (χ3v) is 5.69. The van der Waals surface area contributed by atoms with Crippen LogP contribution in [0, 0.1) is 0 Å². The topological polar surface area (TPSA) is 103 Å². The highest BCUT2D eigenvalue weighted by atomic mass is 32.2. The molecule has 24 heavy (non-hydrogen) atoms. The van der Waals surface area contributed by atoms with Crippen molar-refractivity contribution < 1.29 is 19.1 Å². The molecule has 0 radical (unpaired) electrons. The fraction of sp³-hybridized carbons (Fsp3) is 0.600. The van der Waals surface area contributed by atoms with E-state index in [0.717, 1.165) is 17.2 Å². The fourth-order valence-corrected chi connectivity index (χ4v) is 4.26. The smallest absolute Gasteiger partial charge is 0.311 e. The van der Waals surface area contributed by atoms with Gasteiger partial charge < -0.3 is 15.4 Å². The molecule has 0 unspecified atom stereocenters. The molecule has 2 rings (SSSR count). The first-order chi connectivity index (χ1) is 11.5. The lowest BCUT2D eigenvalue weighted by atomic mass is 10.0. The van der Waals surface area contributed by atoms with Gasteiger partial charge in [0.25, 0.3) is 0 Å². The highest BCUT2D eigenvalue weighted by Crippen LogP contribution is 2.25. The van der Waals surface area contributed by atoms with Gasteiger partial charge in [0, 0.05) is 11.9 Å². The van der Waals surface area contributed by atoms with Gasteiger partial charge in [-0.05, 0) is 26.2 Å². The van der Waals surface area contributed by atoms with Crippen molar-refractivity contribution in [2.24, 2.45) is 5.73 Å². The minimum atomic E-state index is -0.498. The molecule has 0 saturated carbocycles. The molecule has 1 aliphatic heterocycles. The number of ether oxygens (including phenoxy) is 1. The SMILES string of the molecule is CCOC(=O)Cc1csc(SCC(=O)N2CCCC[C@H]2C(N)=O)n1. The van der Waals surface area contributed by atoms with Crippen LogP contribution in [0.15, 0.2) is 9.72 Å². The number of piperidine rings is 1. The summed E-state index contributed by atoms with van der Waals surface area (Å²) in [7, 11) is 0. The molecule has 132 valence electrons. The first-order valence-electron chi connectivity index (χ1n) is 7.83. The molecule has 1 fully saturated rings. The van der Waals surface area contributed by atoms with E-state index in [4.69, 9.17) is 10.5 Å². The average molecular weight is 371 g/mol. The van der Waals surface area contributed by atoms with Crippen molar-refractivity contribution >= 4 is 40.9 Å². The number of carbonyl (C=O) groups is 3. The number of amides is 2. The summed E-state index contributed by atoms with van der Waals surface area (Å²) in [5.41, 5.74) is 6.02. The number of thioether (sulfide) groups is 1. The van der Waals surface area contributed by atoms with Crippen LogP contribution in [0.4, 0.5) is 0 Å². The quantitative estimate of drug-likeness (QED) is 0.571. The summed E-state index contributed by atoms with van der Waals surface area (Å²) in [4.78, 5) is 41.1. The molecule has 1 aromatic heterocycles. The van der Waals surface area contributed by atoms with E-state index >= 15 is 0 Å². The Bertz CT molecular complexity index is 605. The van der Waals surface area contributed by atoms with Gasteiger partial charge in [0.2, 0.25) is 11.8 Å². The Labute approximate surface area is 148 Å². The molecule has 7 nitrogen and oxygen atoms in total. The third kappa shape index (κ3) is 5.20. The van der Waals surface area contributed by atoms with Crippen molar-refractivity contribution in [3.8, 4) is 0 Å². The van der Waals surface area contributed by atoms with Gasteiger partial charge >= 0.3 is 5.97 Å². The molecule has 1 atom stereocenters. The Hall–Kier alpha value is -1.61. The molecule has 2 heterocycles. The number of aromatic nitrogens is 1. The lowest BCUT2D eigenvalue weighted by molar-refractivity contribution is -0.142. The number of hydrogen-bond acceptors (Lipinski definition) is 7. The van der Waals surface area contributed by atoms with Crippen molar-refractivity contribution in [2.75, 3.05) is 18.9 Å². The first-order valence-corrected chi connectivity index (χ1v) is 9.69.